The molecule has 0 fully saturated rings. The van der Waals surface area contributed by atoms with Crippen molar-refractivity contribution >= 4 is 16.8 Å². The van der Waals surface area contributed by atoms with Gasteiger partial charge in [0.15, 0.2) is 5.69 Å². The van der Waals surface area contributed by atoms with E-state index >= 15 is 0 Å². The molecule has 0 spiro atoms. The Morgan fingerprint density at radius 2 is 2.08 bits per heavy atom. The molecule has 0 unspecified atom stereocenters. The number of para-hydroxylation sites is 1. The predicted molar refractivity (Wildman–Crippen MR) is 80.3 cm³/mol. The van der Waals surface area contributed by atoms with Gasteiger partial charge in [0.2, 0.25) is 0 Å². The van der Waals surface area contributed by atoms with Crippen molar-refractivity contribution in [2.75, 3.05) is 6.54 Å². The topological polar surface area (TPSA) is 64.8 Å². The highest BCUT2D eigenvalue weighted by Gasteiger charge is 2.35. The van der Waals surface area contributed by atoms with Crippen molar-refractivity contribution in [3.63, 3.8) is 0 Å². The lowest BCUT2D eigenvalue weighted by molar-refractivity contribution is -0.141. The predicted octanol–water partition coefficient (Wildman–Crippen LogP) is 3.25. The molecule has 1 aliphatic rings. The van der Waals surface area contributed by atoms with Crippen LogP contribution in [0.3, 0.4) is 0 Å². The second-order valence-corrected chi connectivity index (χ2v) is 5.89. The molecule has 0 saturated heterocycles. The van der Waals surface area contributed by atoms with Crippen molar-refractivity contribution in [3.8, 4) is 0 Å². The first-order valence-corrected chi connectivity index (χ1v) is 7.54. The Labute approximate surface area is 138 Å². The van der Waals surface area contributed by atoms with Crippen LogP contribution < -0.4 is 0 Å². The molecule has 2 N–H and O–H groups in total. The monoisotopic (exact) mass is 352 g/mol. The molecule has 0 radical (unpaired) electrons. The van der Waals surface area contributed by atoms with Crippen molar-refractivity contribution in [3.05, 3.63) is 52.7 Å². The van der Waals surface area contributed by atoms with Crippen molar-refractivity contribution in [1.29, 1.82) is 0 Å². The summed E-state index contributed by atoms with van der Waals surface area (Å²) in [5.41, 5.74) is 0.633. The number of fused-ring (bicyclic) bond motifs is 3. The summed E-state index contributed by atoms with van der Waals surface area (Å²) in [5.74, 6) is -0.977. The molecule has 25 heavy (non-hydrogen) atoms. The molecule has 4 rings (SSSR count). The summed E-state index contributed by atoms with van der Waals surface area (Å²) >= 11 is 0. The smallest absolute Gasteiger partial charge is 0.356 e. The lowest BCUT2D eigenvalue weighted by atomic mass is 10.0. The summed E-state index contributed by atoms with van der Waals surface area (Å²) in [6.07, 6.45) is -4.12. The summed E-state index contributed by atoms with van der Waals surface area (Å²) < 4.78 is 51.8. The minimum absolute atomic E-state index is 0.186. The van der Waals surface area contributed by atoms with Crippen LogP contribution in [0.25, 0.3) is 10.9 Å². The molecule has 0 aliphatic carbocycles. The van der Waals surface area contributed by atoms with Crippen LogP contribution in [0.15, 0.2) is 24.3 Å². The van der Waals surface area contributed by atoms with E-state index in [1.54, 1.807) is 12.1 Å². The van der Waals surface area contributed by atoms with E-state index in [4.69, 9.17) is 0 Å². The zero-order chi connectivity index (χ0) is 17.8. The van der Waals surface area contributed by atoms with E-state index in [-0.39, 0.29) is 18.1 Å². The zero-order valence-electron chi connectivity index (χ0n) is 12.7. The molecule has 3 heterocycles. The van der Waals surface area contributed by atoms with Crippen LogP contribution >= 0.6 is 0 Å². The summed E-state index contributed by atoms with van der Waals surface area (Å²) in [4.78, 5) is 16.9. The van der Waals surface area contributed by atoms with Crippen LogP contribution in [0.2, 0.25) is 0 Å². The van der Waals surface area contributed by atoms with E-state index in [1.165, 1.54) is 11.0 Å². The van der Waals surface area contributed by atoms with Crippen LogP contribution in [-0.2, 0) is 19.1 Å². The zero-order valence-corrected chi connectivity index (χ0v) is 12.7. The van der Waals surface area contributed by atoms with E-state index < -0.39 is 17.8 Å². The van der Waals surface area contributed by atoms with E-state index in [0.717, 1.165) is 11.3 Å². The van der Waals surface area contributed by atoms with Crippen molar-refractivity contribution < 1.29 is 22.4 Å². The summed E-state index contributed by atoms with van der Waals surface area (Å²) in [6.45, 7) is 0.500. The Hall–Kier alpha value is -2.84. The highest BCUT2D eigenvalue weighted by Crippen LogP contribution is 2.31. The number of aromatic amines is 2. The minimum atomic E-state index is -4.59. The third-order valence-corrected chi connectivity index (χ3v) is 4.35. The number of carbonyl (C=O) groups excluding carboxylic acids is 1. The van der Waals surface area contributed by atoms with Gasteiger partial charge in [0.25, 0.3) is 5.91 Å². The van der Waals surface area contributed by atoms with Crippen molar-refractivity contribution in [2.45, 2.75) is 19.1 Å². The first kappa shape index (κ1) is 15.7. The lowest BCUT2D eigenvalue weighted by Gasteiger charge is -2.26. The summed E-state index contributed by atoms with van der Waals surface area (Å²) in [6, 6.07) is 5.37. The molecule has 5 nitrogen and oxygen atoms in total. The van der Waals surface area contributed by atoms with Gasteiger partial charge in [0.1, 0.15) is 11.5 Å². The van der Waals surface area contributed by atoms with Crippen LogP contribution in [0.1, 0.15) is 27.4 Å². The number of aromatic nitrogens is 3. The molecule has 0 bridgehead atoms. The second-order valence-electron chi connectivity index (χ2n) is 5.89. The Balaban J connectivity index is 1.64. The van der Waals surface area contributed by atoms with Crippen LogP contribution in [0.4, 0.5) is 17.6 Å². The molecule has 9 heteroatoms. The van der Waals surface area contributed by atoms with E-state index in [9.17, 15) is 22.4 Å². The number of halogens is 4. The molecule has 2 aromatic heterocycles. The SMILES string of the molecule is O=C(c1cc(C(F)(F)F)[nH]n1)N1CCc2[nH]c3c(F)cccc3c2C1. The van der Waals surface area contributed by atoms with Gasteiger partial charge >= 0.3 is 6.18 Å². The van der Waals surface area contributed by atoms with Crippen LogP contribution in [0, 0.1) is 5.82 Å². The first-order chi connectivity index (χ1) is 11.8. The Morgan fingerprint density at radius 3 is 2.80 bits per heavy atom. The van der Waals surface area contributed by atoms with Gasteiger partial charge in [-0.2, -0.15) is 18.3 Å². The molecule has 1 aromatic carbocycles. The third-order valence-electron chi connectivity index (χ3n) is 4.35. The molecule has 1 amide bonds. The number of hydrogen-bond donors (Lipinski definition) is 2. The Kier molecular flexibility index (Phi) is 3.34. The van der Waals surface area contributed by atoms with Gasteiger partial charge in [-0.3, -0.25) is 9.89 Å². The van der Waals surface area contributed by atoms with Crippen molar-refractivity contribution in [1.82, 2.24) is 20.1 Å². The van der Waals surface area contributed by atoms with Gasteiger partial charge in [0.05, 0.1) is 5.52 Å². The minimum Gasteiger partial charge on any atom is -0.356 e. The Morgan fingerprint density at radius 1 is 1.28 bits per heavy atom. The second kappa shape index (κ2) is 5.33. The molecule has 0 atom stereocenters. The molecule has 130 valence electrons. The molecule has 0 saturated carbocycles. The average molecular weight is 352 g/mol. The largest absolute Gasteiger partial charge is 0.432 e. The number of rotatable bonds is 1. The number of H-pyrrole nitrogens is 2. The summed E-state index contributed by atoms with van der Waals surface area (Å²) in [7, 11) is 0. The van der Waals surface area contributed by atoms with Gasteiger partial charge in [-0.1, -0.05) is 12.1 Å². The first-order valence-electron chi connectivity index (χ1n) is 7.54. The fourth-order valence-corrected chi connectivity index (χ4v) is 3.11. The molecular formula is C16H12F4N4O. The van der Waals surface area contributed by atoms with E-state index in [1.807, 2.05) is 5.10 Å². The third kappa shape index (κ3) is 2.55. The highest BCUT2D eigenvalue weighted by molar-refractivity contribution is 5.93. The van der Waals surface area contributed by atoms with Gasteiger partial charge in [0, 0.05) is 42.2 Å². The van der Waals surface area contributed by atoms with Gasteiger partial charge < -0.3 is 9.88 Å². The fourth-order valence-electron chi connectivity index (χ4n) is 3.11. The van der Waals surface area contributed by atoms with E-state index in [2.05, 4.69) is 10.1 Å². The van der Waals surface area contributed by atoms with Gasteiger partial charge in [-0.15, -0.1) is 0 Å². The van der Waals surface area contributed by atoms with E-state index in [0.29, 0.717) is 29.9 Å². The maximum atomic E-state index is 13.9. The normalized spacial score (nSPS) is 14.8. The van der Waals surface area contributed by atoms with Gasteiger partial charge in [-0.25, -0.2) is 4.39 Å². The molecule has 3 aromatic rings. The van der Waals surface area contributed by atoms with Crippen LogP contribution in [-0.4, -0.2) is 32.5 Å². The quantitative estimate of drug-likeness (QED) is 0.661. The fraction of sp³-hybridized carbons (Fsp3) is 0.250. The number of amides is 1. The number of nitrogens with one attached hydrogen (secondary N) is 2. The maximum Gasteiger partial charge on any atom is 0.432 e. The van der Waals surface area contributed by atoms with Crippen molar-refractivity contribution in [2.24, 2.45) is 0 Å². The molecule has 1 aliphatic heterocycles. The van der Waals surface area contributed by atoms with Crippen LogP contribution in [0.5, 0.6) is 0 Å². The number of alkyl halides is 3. The maximum absolute atomic E-state index is 13.9. The standard InChI is InChI=1S/C16H12F4N4O/c17-10-3-1-2-8-9-7-24(5-4-11(9)21-14(8)10)15(25)12-6-13(23-22-12)16(18,19)20/h1-3,6,21H,4-5,7H2,(H,22,23). The lowest BCUT2D eigenvalue weighted by Crippen LogP contribution is -2.36. The highest BCUT2D eigenvalue weighted by atomic mass is 19.4. The Bertz CT molecular complexity index is 972. The number of hydrogen-bond acceptors (Lipinski definition) is 2. The number of benzene rings is 1. The summed E-state index contributed by atoms with van der Waals surface area (Å²) in [5, 5.41) is 5.98. The van der Waals surface area contributed by atoms with Gasteiger partial charge in [-0.05, 0) is 6.07 Å². The average Bonchev–Trinajstić information content (AvgIpc) is 3.19. The molecular weight excluding hydrogens is 340 g/mol. The number of carbonyl (C=O) groups is 1. The number of nitrogens with zero attached hydrogens (tertiary/aromatic N) is 2.